The summed E-state index contributed by atoms with van der Waals surface area (Å²) in [5.41, 5.74) is 0.882. The lowest BCUT2D eigenvalue weighted by atomic mass is 9.99. The molecule has 2 atom stereocenters. The van der Waals surface area contributed by atoms with Gasteiger partial charge in [-0.15, -0.1) is 0 Å². The van der Waals surface area contributed by atoms with E-state index in [1.54, 1.807) is 11.8 Å². The van der Waals surface area contributed by atoms with E-state index >= 15 is 0 Å². The number of ether oxygens (including phenoxy) is 3. The van der Waals surface area contributed by atoms with Gasteiger partial charge in [-0.3, -0.25) is 19.3 Å². The van der Waals surface area contributed by atoms with Crippen molar-refractivity contribution in [2.24, 2.45) is 5.92 Å². The van der Waals surface area contributed by atoms with Crippen LogP contribution in [0.3, 0.4) is 0 Å². The molecule has 0 bridgehead atoms. The Kier molecular flexibility index (Phi) is 7.91. The van der Waals surface area contributed by atoms with Gasteiger partial charge in [-0.2, -0.15) is 0 Å². The van der Waals surface area contributed by atoms with Crippen molar-refractivity contribution in [1.82, 2.24) is 4.90 Å². The summed E-state index contributed by atoms with van der Waals surface area (Å²) < 4.78 is 14.3. The van der Waals surface area contributed by atoms with Crippen molar-refractivity contribution in [3.05, 3.63) is 35.9 Å². The maximum atomic E-state index is 12.3. The molecule has 1 rings (SSSR count). The van der Waals surface area contributed by atoms with Crippen LogP contribution in [0.15, 0.2) is 30.3 Å². The lowest BCUT2D eigenvalue weighted by Gasteiger charge is -2.31. The number of rotatable bonds is 8. The molecule has 7 nitrogen and oxygen atoms in total. The molecular formula is C17H23NO6. The Labute approximate surface area is 141 Å². The maximum Gasteiger partial charge on any atom is 0.323 e. The van der Waals surface area contributed by atoms with Gasteiger partial charge < -0.3 is 14.2 Å². The molecule has 132 valence electrons. The molecule has 0 heterocycles. The topological polar surface area (TPSA) is 82.1 Å². The maximum absolute atomic E-state index is 12.3. The van der Waals surface area contributed by atoms with Crippen molar-refractivity contribution in [3.8, 4) is 0 Å². The van der Waals surface area contributed by atoms with Crippen LogP contribution in [0.25, 0.3) is 0 Å². The SMILES string of the molecule is COC(=O)CN(Cc1ccccc1)C(C(=O)OC)C(C)C(=O)OC. The zero-order valence-corrected chi connectivity index (χ0v) is 14.4. The van der Waals surface area contributed by atoms with Crippen LogP contribution in [-0.2, 0) is 35.1 Å². The molecule has 24 heavy (non-hydrogen) atoms. The number of carbonyl (C=O) groups is 3. The van der Waals surface area contributed by atoms with Crippen LogP contribution in [0.5, 0.6) is 0 Å². The smallest absolute Gasteiger partial charge is 0.323 e. The second kappa shape index (κ2) is 9.67. The van der Waals surface area contributed by atoms with Gasteiger partial charge in [0.2, 0.25) is 0 Å². The van der Waals surface area contributed by atoms with Crippen molar-refractivity contribution < 1.29 is 28.6 Å². The normalized spacial score (nSPS) is 13.0. The first kappa shape index (κ1) is 19.6. The van der Waals surface area contributed by atoms with E-state index < -0.39 is 29.9 Å². The van der Waals surface area contributed by atoms with Crippen LogP contribution in [0.1, 0.15) is 12.5 Å². The summed E-state index contributed by atoms with van der Waals surface area (Å²) in [5.74, 6) is -2.51. The Morgan fingerprint density at radius 1 is 0.958 bits per heavy atom. The van der Waals surface area contributed by atoms with E-state index in [-0.39, 0.29) is 13.1 Å². The van der Waals surface area contributed by atoms with E-state index in [2.05, 4.69) is 0 Å². The van der Waals surface area contributed by atoms with Crippen molar-refractivity contribution in [1.29, 1.82) is 0 Å². The second-order valence-corrected chi connectivity index (χ2v) is 5.25. The Balaban J connectivity index is 3.15. The molecule has 1 aromatic rings. The summed E-state index contributed by atoms with van der Waals surface area (Å²) in [6.45, 7) is 1.67. The van der Waals surface area contributed by atoms with Crippen molar-refractivity contribution in [2.45, 2.75) is 19.5 Å². The Hall–Kier alpha value is -2.41. The molecule has 0 aliphatic rings. The van der Waals surface area contributed by atoms with E-state index in [0.29, 0.717) is 0 Å². The first-order valence-electron chi connectivity index (χ1n) is 7.45. The fourth-order valence-electron chi connectivity index (χ4n) is 2.41. The van der Waals surface area contributed by atoms with Crippen LogP contribution >= 0.6 is 0 Å². The predicted molar refractivity (Wildman–Crippen MR) is 85.9 cm³/mol. The van der Waals surface area contributed by atoms with Gasteiger partial charge >= 0.3 is 17.9 Å². The lowest BCUT2D eigenvalue weighted by Crippen LogP contribution is -2.50. The zero-order chi connectivity index (χ0) is 18.1. The summed E-state index contributed by atoms with van der Waals surface area (Å²) in [5, 5.41) is 0. The number of nitrogens with zero attached hydrogens (tertiary/aromatic N) is 1. The van der Waals surface area contributed by atoms with Crippen molar-refractivity contribution in [3.63, 3.8) is 0 Å². The predicted octanol–water partition coefficient (Wildman–Crippen LogP) is 1.01. The van der Waals surface area contributed by atoms with E-state index in [0.717, 1.165) is 5.56 Å². The Bertz CT molecular complexity index is 559. The molecule has 0 saturated heterocycles. The summed E-state index contributed by atoms with van der Waals surface area (Å²) in [6, 6.07) is 8.32. The van der Waals surface area contributed by atoms with Crippen LogP contribution in [0.2, 0.25) is 0 Å². The number of benzene rings is 1. The van der Waals surface area contributed by atoms with Gasteiger partial charge in [0.15, 0.2) is 0 Å². The minimum atomic E-state index is -0.971. The number of methoxy groups -OCH3 is 3. The van der Waals surface area contributed by atoms with E-state index in [4.69, 9.17) is 14.2 Å². The third kappa shape index (κ3) is 5.34. The molecule has 7 heteroatoms. The number of carbonyl (C=O) groups excluding carboxylic acids is 3. The standard InChI is InChI=1S/C17H23NO6/c1-12(16(20)23-3)15(17(21)24-4)18(11-14(19)22-2)10-13-8-6-5-7-9-13/h5-9,12,15H,10-11H2,1-4H3. The molecule has 0 saturated carbocycles. The van der Waals surface area contributed by atoms with Crippen molar-refractivity contribution >= 4 is 17.9 Å². The molecule has 0 N–H and O–H groups in total. The van der Waals surface area contributed by atoms with Crippen LogP contribution in [0, 0.1) is 5.92 Å². The fraction of sp³-hybridized carbons (Fsp3) is 0.471. The summed E-state index contributed by atoms with van der Waals surface area (Å²) in [6.07, 6.45) is 0. The molecule has 0 radical (unpaired) electrons. The van der Waals surface area contributed by atoms with Gasteiger partial charge in [-0.1, -0.05) is 30.3 Å². The Morgan fingerprint density at radius 2 is 1.54 bits per heavy atom. The minimum Gasteiger partial charge on any atom is -0.469 e. The summed E-state index contributed by atoms with van der Waals surface area (Å²) >= 11 is 0. The van der Waals surface area contributed by atoms with Crippen LogP contribution < -0.4 is 0 Å². The zero-order valence-electron chi connectivity index (χ0n) is 14.4. The molecular weight excluding hydrogens is 314 g/mol. The molecule has 0 amide bonds. The van der Waals surface area contributed by atoms with Crippen molar-refractivity contribution in [2.75, 3.05) is 27.9 Å². The van der Waals surface area contributed by atoms with E-state index in [9.17, 15) is 14.4 Å². The highest BCUT2D eigenvalue weighted by atomic mass is 16.5. The largest absolute Gasteiger partial charge is 0.469 e. The molecule has 0 spiro atoms. The van der Waals surface area contributed by atoms with Gasteiger partial charge in [0.1, 0.15) is 6.04 Å². The molecule has 1 aromatic carbocycles. The summed E-state index contributed by atoms with van der Waals surface area (Å²) in [4.78, 5) is 37.5. The third-order valence-corrected chi connectivity index (χ3v) is 3.67. The van der Waals surface area contributed by atoms with Gasteiger partial charge in [0.05, 0.1) is 33.8 Å². The van der Waals surface area contributed by atoms with Gasteiger partial charge in [-0.05, 0) is 12.5 Å². The minimum absolute atomic E-state index is 0.160. The van der Waals surface area contributed by atoms with Crippen LogP contribution in [0.4, 0.5) is 0 Å². The van der Waals surface area contributed by atoms with Gasteiger partial charge in [-0.25, -0.2) is 0 Å². The third-order valence-electron chi connectivity index (χ3n) is 3.67. The molecule has 0 fully saturated rings. The van der Waals surface area contributed by atoms with Gasteiger partial charge in [0, 0.05) is 6.54 Å². The average Bonchev–Trinajstić information content (AvgIpc) is 2.61. The quantitative estimate of drug-likeness (QED) is 0.517. The second-order valence-electron chi connectivity index (χ2n) is 5.25. The number of hydrogen-bond acceptors (Lipinski definition) is 7. The molecule has 2 unspecified atom stereocenters. The average molecular weight is 337 g/mol. The summed E-state index contributed by atoms with van der Waals surface area (Å²) in [7, 11) is 3.74. The first-order chi connectivity index (χ1) is 11.4. The lowest BCUT2D eigenvalue weighted by molar-refractivity contribution is -0.161. The number of esters is 3. The van der Waals surface area contributed by atoms with E-state index in [1.807, 2.05) is 30.3 Å². The Morgan fingerprint density at radius 3 is 2.04 bits per heavy atom. The fourth-order valence-corrected chi connectivity index (χ4v) is 2.41. The monoisotopic (exact) mass is 337 g/mol. The van der Waals surface area contributed by atoms with E-state index in [1.165, 1.54) is 21.3 Å². The van der Waals surface area contributed by atoms with Gasteiger partial charge in [0.25, 0.3) is 0 Å². The first-order valence-corrected chi connectivity index (χ1v) is 7.45. The highest BCUT2D eigenvalue weighted by molar-refractivity contribution is 5.85. The highest BCUT2D eigenvalue weighted by Crippen LogP contribution is 2.18. The van der Waals surface area contributed by atoms with Crippen LogP contribution in [-0.4, -0.2) is 56.7 Å². The molecule has 0 aliphatic heterocycles. The number of hydrogen-bond donors (Lipinski definition) is 0. The molecule has 0 aliphatic carbocycles. The highest BCUT2D eigenvalue weighted by Gasteiger charge is 2.37. The molecule has 0 aromatic heterocycles.